The maximum atomic E-state index is 12.3. The van der Waals surface area contributed by atoms with Crippen molar-refractivity contribution in [1.82, 2.24) is 0 Å². The van der Waals surface area contributed by atoms with Gasteiger partial charge in [-0.1, -0.05) is 12.1 Å². The summed E-state index contributed by atoms with van der Waals surface area (Å²) in [4.78, 5) is 26.1. The minimum absolute atomic E-state index is 0.0744. The molecule has 142 valence electrons. The number of amides is 2. The molecule has 1 aliphatic heterocycles. The molecule has 2 amide bonds. The van der Waals surface area contributed by atoms with Crippen LogP contribution in [0, 0.1) is 0 Å². The maximum absolute atomic E-state index is 12.3. The summed E-state index contributed by atoms with van der Waals surface area (Å²) in [6.07, 6.45) is 2.39. The van der Waals surface area contributed by atoms with Crippen molar-refractivity contribution >= 4 is 23.2 Å². The van der Waals surface area contributed by atoms with Crippen LogP contribution in [0.25, 0.3) is 0 Å². The van der Waals surface area contributed by atoms with Gasteiger partial charge in [0.15, 0.2) is 0 Å². The number of aryl methyl sites for hydroxylation is 1. The van der Waals surface area contributed by atoms with Crippen LogP contribution in [-0.4, -0.2) is 32.6 Å². The first-order chi connectivity index (χ1) is 13.1. The Balaban J connectivity index is 1.64. The molecular formula is C21H24N2O4. The van der Waals surface area contributed by atoms with Crippen LogP contribution in [0.1, 0.15) is 24.8 Å². The van der Waals surface area contributed by atoms with Gasteiger partial charge in [0, 0.05) is 25.1 Å². The fraction of sp³-hybridized carbons (Fsp3) is 0.333. The molecule has 0 aromatic heterocycles. The van der Waals surface area contributed by atoms with Crippen LogP contribution in [0.5, 0.6) is 11.5 Å². The van der Waals surface area contributed by atoms with Crippen LogP contribution >= 0.6 is 0 Å². The summed E-state index contributed by atoms with van der Waals surface area (Å²) < 4.78 is 10.5. The first-order valence-corrected chi connectivity index (χ1v) is 9.02. The van der Waals surface area contributed by atoms with Crippen molar-refractivity contribution in [2.24, 2.45) is 0 Å². The Hall–Kier alpha value is -3.02. The third-order valence-corrected chi connectivity index (χ3v) is 4.63. The van der Waals surface area contributed by atoms with E-state index in [-0.39, 0.29) is 11.8 Å². The first kappa shape index (κ1) is 18.8. The van der Waals surface area contributed by atoms with E-state index in [1.54, 1.807) is 37.3 Å². The number of methoxy groups -OCH3 is 2. The Morgan fingerprint density at radius 3 is 2.52 bits per heavy atom. The molecule has 2 aromatic carbocycles. The zero-order chi connectivity index (χ0) is 19.2. The molecule has 0 radical (unpaired) electrons. The molecular weight excluding hydrogens is 344 g/mol. The smallest absolute Gasteiger partial charge is 0.227 e. The van der Waals surface area contributed by atoms with E-state index in [0.717, 1.165) is 17.7 Å². The Kier molecular flexibility index (Phi) is 5.96. The van der Waals surface area contributed by atoms with Gasteiger partial charge in [0.25, 0.3) is 0 Å². The van der Waals surface area contributed by atoms with Gasteiger partial charge in [-0.2, -0.15) is 0 Å². The van der Waals surface area contributed by atoms with Crippen LogP contribution in [0.15, 0.2) is 42.5 Å². The third kappa shape index (κ3) is 4.58. The molecule has 1 saturated heterocycles. The number of hydrogen-bond donors (Lipinski definition) is 1. The van der Waals surface area contributed by atoms with E-state index in [1.165, 1.54) is 0 Å². The number of hydrogen-bond acceptors (Lipinski definition) is 4. The molecule has 6 nitrogen and oxygen atoms in total. The third-order valence-electron chi connectivity index (χ3n) is 4.63. The van der Waals surface area contributed by atoms with Gasteiger partial charge >= 0.3 is 0 Å². The molecule has 6 heteroatoms. The molecule has 3 rings (SSSR count). The van der Waals surface area contributed by atoms with Gasteiger partial charge in [-0.05, 0) is 48.7 Å². The fourth-order valence-corrected chi connectivity index (χ4v) is 3.16. The second-order valence-corrected chi connectivity index (χ2v) is 6.43. The van der Waals surface area contributed by atoms with E-state index in [4.69, 9.17) is 9.47 Å². The van der Waals surface area contributed by atoms with Gasteiger partial charge in [-0.25, -0.2) is 0 Å². The Morgan fingerprint density at radius 1 is 1.11 bits per heavy atom. The van der Waals surface area contributed by atoms with Crippen molar-refractivity contribution in [2.45, 2.75) is 25.7 Å². The molecule has 0 unspecified atom stereocenters. The standard InChI is InChI=1S/C21H24N2O4/c1-26-17-9-5-15(6-10-17)7-12-20(24)22-16-8-11-19(27-2)18(14-16)23-13-3-4-21(23)25/h5-6,8-11,14H,3-4,7,12-13H2,1-2H3,(H,22,24). The average Bonchev–Trinajstić information content (AvgIpc) is 3.12. The van der Waals surface area contributed by atoms with Gasteiger partial charge in [0.1, 0.15) is 11.5 Å². The lowest BCUT2D eigenvalue weighted by atomic mass is 10.1. The van der Waals surface area contributed by atoms with Crippen molar-refractivity contribution in [3.05, 3.63) is 48.0 Å². The van der Waals surface area contributed by atoms with E-state index in [1.807, 2.05) is 24.3 Å². The van der Waals surface area contributed by atoms with Crippen molar-refractivity contribution in [2.75, 3.05) is 31.0 Å². The first-order valence-electron chi connectivity index (χ1n) is 9.02. The Labute approximate surface area is 159 Å². The second-order valence-electron chi connectivity index (χ2n) is 6.43. The highest BCUT2D eigenvalue weighted by Crippen LogP contribution is 2.34. The zero-order valence-electron chi connectivity index (χ0n) is 15.7. The summed E-state index contributed by atoms with van der Waals surface area (Å²) in [5.41, 5.74) is 2.43. The lowest BCUT2D eigenvalue weighted by Crippen LogP contribution is -2.24. The predicted octanol–water partition coefficient (Wildman–Crippen LogP) is 3.40. The molecule has 2 aromatic rings. The Bertz CT molecular complexity index is 817. The average molecular weight is 368 g/mol. The minimum atomic E-state index is -0.0744. The minimum Gasteiger partial charge on any atom is -0.497 e. The molecule has 0 saturated carbocycles. The largest absolute Gasteiger partial charge is 0.497 e. The molecule has 0 atom stereocenters. The van der Waals surface area contributed by atoms with Gasteiger partial charge in [-0.3, -0.25) is 9.59 Å². The lowest BCUT2D eigenvalue weighted by Gasteiger charge is -2.20. The van der Waals surface area contributed by atoms with Crippen LogP contribution < -0.4 is 19.7 Å². The topological polar surface area (TPSA) is 67.9 Å². The monoisotopic (exact) mass is 368 g/mol. The van der Waals surface area contributed by atoms with Crippen molar-refractivity contribution in [3.63, 3.8) is 0 Å². The predicted molar refractivity (Wildman–Crippen MR) is 105 cm³/mol. The number of carbonyl (C=O) groups is 2. The van der Waals surface area contributed by atoms with E-state index in [9.17, 15) is 9.59 Å². The highest BCUT2D eigenvalue weighted by molar-refractivity contribution is 5.98. The number of nitrogens with one attached hydrogen (secondary N) is 1. The van der Waals surface area contributed by atoms with Gasteiger partial charge < -0.3 is 19.7 Å². The van der Waals surface area contributed by atoms with Crippen LogP contribution in [0.2, 0.25) is 0 Å². The molecule has 1 fully saturated rings. The van der Waals surface area contributed by atoms with E-state index in [2.05, 4.69) is 5.32 Å². The molecule has 1 heterocycles. The summed E-state index contributed by atoms with van der Waals surface area (Å²) >= 11 is 0. The number of nitrogens with zero attached hydrogens (tertiary/aromatic N) is 1. The van der Waals surface area contributed by atoms with E-state index < -0.39 is 0 Å². The normalized spacial score (nSPS) is 13.6. The SMILES string of the molecule is COc1ccc(CCC(=O)Nc2ccc(OC)c(N3CCCC3=O)c2)cc1. The lowest BCUT2D eigenvalue weighted by molar-refractivity contribution is -0.117. The number of ether oxygens (including phenoxy) is 2. The number of carbonyl (C=O) groups excluding carboxylic acids is 2. The summed E-state index contributed by atoms with van der Waals surface area (Å²) in [7, 11) is 3.20. The quantitative estimate of drug-likeness (QED) is 0.813. The molecule has 1 aliphatic rings. The summed E-state index contributed by atoms with van der Waals surface area (Å²) in [6, 6.07) is 13.0. The van der Waals surface area contributed by atoms with Gasteiger partial charge in [0.2, 0.25) is 11.8 Å². The number of rotatable bonds is 7. The van der Waals surface area contributed by atoms with Crippen LogP contribution in [-0.2, 0) is 16.0 Å². The number of benzene rings is 2. The summed E-state index contributed by atoms with van der Waals surface area (Å²) in [5, 5.41) is 2.91. The molecule has 0 spiro atoms. The fourth-order valence-electron chi connectivity index (χ4n) is 3.16. The Morgan fingerprint density at radius 2 is 1.89 bits per heavy atom. The van der Waals surface area contributed by atoms with E-state index in [0.29, 0.717) is 42.9 Å². The zero-order valence-corrected chi connectivity index (χ0v) is 15.7. The second kappa shape index (κ2) is 8.58. The van der Waals surface area contributed by atoms with Crippen molar-refractivity contribution < 1.29 is 19.1 Å². The number of anilines is 2. The summed E-state index contributed by atoms with van der Waals surface area (Å²) in [5.74, 6) is 1.43. The van der Waals surface area contributed by atoms with Crippen molar-refractivity contribution in [3.8, 4) is 11.5 Å². The maximum Gasteiger partial charge on any atom is 0.227 e. The summed E-state index contributed by atoms with van der Waals surface area (Å²) in [6.45, 7) is 0.671. The van der Waals surface area contributed by atoms with Crippen LogP contribution in [0.3, 0.4) is 0 Å². The van der Waals surface area contributed by atoms with Crippen LogP contribution in [0.4, 0.5) is 11.4 Å². The molecule has 1 N–H and O–H groups in total. The van der Waals surface area contributed by atoms with E-state index >= 15 is 0 Å². The highest BCUT2D eigenvalue weighted by atomic mass is 16.5. The molecule has 0 aliphatic carbocycles. The highest BCUT2D eigenvalue weighted by Gasteiger charge is 2.24. The van der Waals surface area contributed by atoms with Crippen molar-refractivity contribution in [1.29, 1.82) is 0 Å². The molecule has 0 bridgehead atoms. The van der Waals surface area contributed by atoms with Gasteiger partial charge in [-0.15, -0.1) is 0 Å². The van der Waals surface area contributed by atoms with Gasteiger partial charge in [0.05, 0.1) is 19.9 Å². The molecule has 27 heavy (non-hydrogen) atoms.